The SMILES string of the molecule is Cc1nn(C)c(Oc2ccccc2C#N)c1C#N. The van der Waals surface area contributed by atoms with Crippen molar-refractivity contribution in [2.24, 2.45) is 7.05 Å². The van der Waals surface area contributed by atoms with Crippen LogP contribution in [-0.4, -0.2) is 9.78 Å². The van der Waals surface area contributed by atoms with Crippen molar-refractivity contribution in [1.29, 1.82) is 10.5 Å². The van der Waals surface area contributed by atoms with Gasteiger partial charge in [0, 0.05) is 7.05 Å². The van der Waals surface area contributed by atoms with Crippen molar-refractivity contribution in [1.82, 2.24) is 9.78 Å². The Morgan fingerprint density at radius 3 is 2.61 bits per heavy atom. The molecule has 5 heteroatoms. The molecule has 0 aliphatic heterocycles. The minimum absolute atomic E-state index is 0.345. The van der Waals surface area contributed by atoms with E-state index in [1.54, 1.807) is 38.2 Å². The fourth-order valence-electron chi connectivity index (χ4n) is 1.63. The van der Waals surface area contributed by atoms with Gasteiger partial charge in [-0.15, -0.1) is 0 Å². The van der Waals surface area contributed by atoms with Crippen LogP contribution in [-0.2, 0) is 7.05 Å². The molecule has 0 radical (unpaired) electrons. The standard InChI is InChI=1S/C13H10N4O/c1-9-11(8-15)13(17(2)16-9)18-12-6-4-3-5-10(12)7-14/h3-6H,1-2H3. The Labute approximate surface area is 104 Å². The molecule has 2 aromatic rings. The fraction of sp³-hybridized carbons (Fsp3) is 0.154. The highest BCUT2D eigenvalue weighted by Gasteiger charge is 2.16. The largest absolute Gasteiger partial charge is 0.436 e. The van der Waals surface area contributed by atoms with Gasteiger partial charge in [-0.05, 0) is 19.1 Å². The number of benzene rings is 1. The predicted octanol–water partition coefficient (Wildman–Crippen LogP) is 2.26. The monoisotopic (exact) mass is 238 g/mol. The first-order valence-corrected chi connectivity index (χ1v) is 5.28. The second-order valence-electron chi connectivity index (χ2n) is 3.71. The Hall–Kier alpha value is -2.79. The first-order chi connectivity index (χ1) is 8.67. The number of aromatic nitrogens is 2. The smallest absolute Gasteiger partial charge is 0.235 e. The van der Waals surface area contributed by atoms with Crippen molar-refractivity contribution in [2.45, 2.75) is 6.92 Å². The van der Waals surface area contributed by atoms with Crippen LogP contribution in [0, 0.1) is 29.6 Å². The molecule has 0 atom stereocenters. The van der Waals surface area contributed by atoms with Crippen LogP contribution in [0.1, 0.15) is 16.8 Å². The van der Waals surface area contributed by atoms with Crippen LogP contribution in [0.15, 0.2) is 24.3 Å². The van der Waals surface area contributed by atoms with E-state index < -0.39 is 0 Å². The fourth-order valence-corrected chi connectivity index (χ4v) is 1.63. The van der Waals surface area contributed by atoms with Gasteiger partial charge in [0.2, 0.25) is 5.88 Å². The highest BCUT2D eigenvalue weighted by atomic mass is 16.5. The van der Waals surface area contributed by atoms with E-state index in [0.29, 0.717) is 28.5 Å². The summed E-state index contributed by atoms with van der Waals surface area (Å²) < 4.78 is 7.12. The van der Waals surface area contributed by atoms with Gasteiger partial charge in [-0.2, -0.15) is 15.6 Å². The number of hydrogen-bond donors (Lipinski definition) is 0. The van der Waals surface area contributed by atoms with Gasteiger partial charge >= 0.3 is 0 Å². The Kier molecular flexibility index (Phi) is 2.99. The Bertz CT molecular complexity index is 673. The van der Waals surface area contributed by atoms with Crippen LogP contribution in [0.3, 0.4) is 0 Å². The Balaban J connectivity index is 2.48. The molecule has 0 amide bonds. The second-order valence-corrected chi connectivity index (χ2v) is 3.71. The predicted molar refractivity (Wildman–Crippen MR) is 63.9 cm³/mol. The minimum Gasteiger partial charge on any atom is -0.436 e. The molecule has 1 aromatic carbocycles. The summed E-state index contributed by atoms with van der Waals surface area (Å²) in [5.41, 5.74) is 1.40. The molecule has 18 heavy (non-hydrogen) atoms. The lowest BCUT2D eigenvalue weighted by molar-refractivity contribution is 0.428. The first kappa shape index (κ1) is 11.7. The van der Waals surface area contributed by atoms with E-state index in [1.165, 1.54) is 4.68 Å². The van der Waals surface area contributed by atoms with Crippen LogP contribution >= 0.6 is 0 Å². The van der Waals surface area contributed by atoms with Gasteiger partial charge in [0.1, 0.15) is 23.5 Å². The zero-order chi connectivity index (χ0) is 13.1. The number of rotatable bonds is 2. The van der Waals surface area contributed by atoms with Crippen molar-refractivity contribution in [3.63, 3.8) is 0 Å². The molecule has 0 aliphatic rings. The Morgan fingerprint density at radius 1 is 1.22 bits per heavy atom. The van der Waals surface area contributed by atoms with Crippen molar-refractivity contribution in [2.75, 3.05) is 0 Å². The van der Waals surface area contributed by atoms with E-state index in [9.17, 15) is 0 Å². The van der Waals surface area contributed by atoms with Crippen molar-refractivity contribution in [3.05, 3.63) is 41.1 Å². The second kappa shape index (κ2) is 4.60. The van der Waals surface area contributed by atoms with Crippen LogP contribution < -0.4 is 4.74 Å². The van der Waals surface area contributed by atoms with Crippen molar-refractivity contribution in [3.8, 4) is 23.8 Å². The molecule has 1 aromatic heterocycles. The van der Waals surface area contributed by atoms with Gasteiger partial charge in [0.25, 0.3) is 0 Å². The zero-order valence-corrected chi connectivity index (χ0v) is 10.0. The molecule has 88 valence electrons. The number of nitriles is 2. The van der Waals surface area contributed by atoms with Gasteiger partial charge in [-0.3, -0.25) is 0 Å². The number of ether oxygens (including phenoxy) is 1. The van der Waals surface area contributed by atoms with Crippen molar-refractivity contribution >= 4 is 0 Å². The number of para-hydroxylation sites is 1. The molecule has 0 saturated carbocycles. The van der Waals surface area contributed by atoms with Gasteiger partial charge in [0.05, 0.1) is 11.3 Å². The van der Waals surface area contributed by atoms with Crippen LogP contribution in [0.5, 0.6) is 11.6 Å². The third kappa shape index (κ3) is 1.90. The molecule has 5 nitrogen and oxygen atoms in total. The highest BCUT2D eigenvalue weighted by molar-refractivity contribution is 5.48. The molecule has 0 saturated heterocycles. The molecular weight excluding hydrogens is 228 g/mol. The summed E-state index contributed by atoms with van der Waals surface area (Å²) in [6.07, 6.45) is 0. The van der Waals surface area contributed by atoms with Crippen LogP contribution in [0.25, 0.3) is 0 Å². The van der Waals surface area contributed by atoms with E-state index in [0.717, 1.165) is 0 Å². The van der Waals surface area contributed by atoms with Crippen molar-refractivity contribution < 1.29 is 4.74 Å². The highest BCUT2D eigenvalue weighted by Crippen LogP contribution is 2.28. The lowest BCUT2D eigenvalue weighted by atomic mass is 10.2. The number of nitrogens with zero attached hydrogens (tertiary/aromatic N) is 4. The van der Waals surface area contributed by atoms with E-state index in [4.69, 9.17) is 15.3 Å². The molecule has 1 heterocycles. The molecular formula is C13H10N4O. The van der Waals surface area contributed by atoms with E-state index in [2.05, 4.69) is 11.2 Å². The molecule has 0 bridgehead atoms. The topological polar surface area (TPSA) is 74.6 Å². The van der Waals surface area contributed by atoms with Gasteiger partial charge in [0.15, 0.2) is 0 Å². The van der Waals surface area contributed by atoms with E-state index in [1.807, 2.05) is 6.07 Å². The van der Waals surface area contributed by atoms with Crippen LogP contribution in [0.4, 0.5) is 0 Å². The van der Waals surface area contributed by atoms with Gasteiger partial charge < -0.3 is 4.74 Å². The normalized spacial score (nSPS) is 9.56. The average molecular weight is 238 g/mol. The van der Waals surface area contributed by atoms with Crippen LogP contribution in [0.2, 0.25) is 0 Å². The summed E-state index contributed by atoms with van der Waals surface area (Å²) in [5.74, 6) is 0.761. The third-order valence-corrected chi connectivity index (χ3v) is 2.50. The minimum atomic E-state index is 0.345. The summed E-state index contributed by atoms with van der Waals surface area (Å²) in [5, 5.41) is 22.2. The summed E-state index contributed by atoms with van der Waals surface area (Å²) >= 11 is 0. The molecule has 0 spiro atoms. The average Bonchev–Trinajstić information content (AvgIpc) is 2.64. The summed E-state index contributed by atoms with van der Waals surface area (Å²) in [4.78, 5) is 0. The Morgan fingerprint density at radius 2 is 1.94 bits per heavy atom. The lowest BCUT2D eigenvalue weighted by Crippen LogP contribution is -1.97. The molecule has 0 aliphatic carbocycles. The maximum absolute atomic E-state index is 9.07. The van der Waals surface area contributed by atoms with Gasteiger partial charge in [-0.25, -0.2) is 4.68 Å². The third-order valence-electron chi connectivity index (χ3n) is 2.50. The summed E-state index contributed by atoms with van der Waals surface area (Å²) in [6, 6.07) is 11.0. The maximum atomic E-state index is 9.07. The maximum Gasteiger partial charge on any atom is 0.235 e. The van der Waals surface area contributed by atoms with E-state index in [-0.39, 0.29) is 0 Å². The number of aryl methyl sites for hydroxylation is 2. The molecule has 0 unspecified atom stereocenters. The first-order valence-electron chi connectivity index (χ1n) is 5.28. The van der Waals surface area contributed by atoms with E-state index >= 15 is 0 Å². The summed E-state index contributed by atoms with van der Waals surface area (Å²) in [6.45, 7) is 1.74. The molecule has 0 N–H and O–H groups in total. The zero-order valence-electron chi connectivity index (χ0n) is 10.0. The molecule has 2 rings (SSSR count). The quantitative estimate of drug-likeness (QED) is 0.804. The molecule has 0 fully saturated rings. The number of hydrogen-bond acceptors (Lipinski definition) is 4. The summed E-state index contributed by atoms with van der Waals surface area (Å²) in [7, 11) is 1.69. The lowest BCUT2D eigenvalue weighted by Gasteiger charge is -2.07. The van der Waals surface area contributed by atoms with Gasteiger partial charge in [-0.1, -0.05) is 12.1 Å².